The van der Waals surface area contributed by atoms with E-state index in [1.54, 1.807) is 23.7 Å². The van der Waals surface area contributed by atoms with Gasteiger partial charge in [0.05, 0.1) is 5.75 Å². The number of hydrogen-bond donors (Lipinski definition) is 0. The first-order chi connectivity index (χ1) is 14.5. The number of Topliss-reactive ketones (excluding diaryl/α,β-unsaturated/α-hetero) is 1. The molecule has 0 N–H and O–H groups in total. The highest BCUT2D eigenvalue weighted by molar-refractivity contribution is 8.00. The number of thioether (sulfide) groups is 1. The fourth-order valence-corrected chi connectivity index (χ4v) is 6.48. The molecule has 0 fully saturated rings. The van der Waals surface area contributed by atoms with Gasteiger partial charge in [-0.25, -0.2) is 14.4 Å². The van der Waals surface area contributed by atoms with Crippen molar-refractivity contribution in [2.45, 2.75) is 38.1 Å². The Balaban J connectivity index is 1.42. The summed E-state index contributed by atoms with van der Waals surface area (Å²) in [5, 5.41) is 2.03. The molecule has 0 saturated carbocycles. The van der Waals surface area contributed by atoms with Crippen LogP contribution in [0.5, 0.6) is 0 Å². The molecule has 30 heavy (non-hydrogen) atoms. The first-order valence-corrected chi connectivity index (χ1v) is 11.7. The monoisotopic (exact) mass is 437 g/mol. The van der Waals surface area contributed by atoms with Crippen LogP contribution in [0.25, 0.3) is 15.9 Å². The van der Waals surface area contributed by atoms with Gasteiger partial charge < -0.3 is 4.57 Å². The van der Waals surface area contributed by atoms with Crippen molar-refractivity contribution in [1.29, 1.82) is 0 Å². The Hall–Kier alpha value is -2.51. The standard InChI is InChI=1S/C23H20FN3OS2/c1-13-9-18(14(2)27(13)16-6-3-5-15(24)10-16)19(28)11-29-22-21-17-7-4-8-20(17)30-23(21)26-12-25-22/h3,5-6,9-10,12H,4,7-8,11H2,1-2H3. The Morgan fingerprint density at radius 3 is 2.93 bits per heavy atom. The predicted molar refractivity (Wildman–Crippen MR) is 120 cm³/mol. The van der Waals surface area contributed by atoms with Crippen molar-refractivity contribution in [3.05, 3.63) is 69.9 Å². The summed E-state index contributed by atoms with van der Waals surface area (Å²) in [6.45, 7) is 3.84. The van der Waals surface area contributed by atoms with Gasteiger partial charge >= 0.3 is 0 Å². The van der Waals surface area contributed by atoms with E-state index < -0.39 is 0 Å². The average molecular weight is 438 g/mol. The molecule has 0 amide bonds. The van der Waals surface area contributed by atoms with Crippen molar-refractivity contribution in [3.8, 4) is 5.69 Å². The number of hydrogen-bond acceptors (Lipinski definition) is 5. The average Bonchev–Trinajstić information content (AvgIpc) is 3.39. The minimum absolute atomic E-state index is 0.0504. The van der Waals surface area contributed by atoms with Gasteiger partial charge in [0.2, 0.25) is 0 Å². The fraction of sp³-hybridized carbons (Fsp3) is 0.261. The third-order valence-corrected chi connectivity index (χ3v) is 7.79. The van der Waals surface area contributed by atoms with Gasteiger partial charge in [-0.05, 0) is 62.9 Å². The molecule has 0 radical (unpaired) electrons. The Kier molecular flexibility index (Phi) is 4.95. The normalized spacial score (nSPS) is 13.2. The van der Waals surface area contributed by atoms with Crippen molar-refractivity contribution >= 4 is 39.1 Å². The topological polar surface area (TPSA) is 47.8 Å². The number of nitrogens with zero attached hydrogens (tertiary/aromatic N) is 3. The molecule has 7 heteroatoms. The molecule has 1 aliphatic rings. The van der Waals surface area contributed by atoms with E-state index in [1.807, 2.05) is 30.5 Å². The van der Waals surface area contributed by atoms with E-state index in [0.717, 1.165) is 45.2 Å². The van der Waals surface area contributed by atoms with Crippen LogP contribution in [0.2, 0.25) is 0 Å². The summed E-state index contributed by atoms with van der Waals surface area (Å²) < 4.78 is 15.6. The summed E-state index contributed by atoms with van der Waals surface area (Å²) in [6, 6.07) is 8.32. The number of carbonyl (C=O) groups excluding carboxylic acids is 1. The lowest BCUT2D eigenvalue weighted by molar-refractivity contribution is 0.102. The van der Waals surface area contributed by atoms with E-state index in [9.17, 15) is 9.18 Å². The predicted octanol–water partition coefficient (Wildman–Crippen LogP) is 5.70. The lowest BCUT2D eigenvalue weighted by atomic mass is 10.2. The van der Waals surface area contributed by atoms with Crippen molar-refractivity contribution < 1.29 is 9.18 Å². The van der Waals surface area contributed by atoms with Crippen LogP contribution in [0, 0.1) is 19.7 Å². The zero-order valence-corrected chi connectivity index (χ0v) is 18.4. The zero-order valence-electron chi connectivity index (χ0n) is 16.7. The fourth-order valence-electron chi connectivity index (χ4n) is 4.28. The number of ketones is 1. The Morgan fingerprint density at radius 1 is 1.23 bits per heavy atom. The first-order valence-electron chi connectivity index (χ1n) is 9.89. The maximum atomic E-state index is 13.7. The van der Waals surface area contributed by atoms with Crippen molar-refractivity contribution in [1.82, 2.24) is 14.5 Å². The Bertz CT molecular complexity index is 1290. The molecule has 5 rings (SSSR count). The van der Waals surface area contributed by atoms with Gasteiger partial charge in [0.15, 0.2) is 5.78 Å². The number of halogens is 1. The third-order valence-electron chi connectivity index (χ3n) is 5.60. The lowest BCUT2D eigenvalue weighted by Crippen LogP contribution is -2.06. The van der Waals surface area contributed by atoms with Crippen molar-refractivity contribution in [2.24, 2.45) is 0 Å². The van der Waals surface area contributed by atoms with Crippen LogP contribution in [0.15, 0.2) is 41.7 Å². The van der Waals surface area contributed by atoms with Crippen LogP contribution >= 0.6 is 23.1 Å². The van der Waals surface area contributed by atoms with Crippen LogP contribution in [0.3, 0.4) is 0 Å². The lowest BCUT2D eigenvalue weighted by Gasteiger charge is -2.10. The molecule has 4 aromatic rings. The largest absolute Gasteiger partial charge is 0.318 e. The van der Waals surface area contributed by atoms with Gasteiger partial charge in [-0.3, -0.25) is 4.79 Å². The minimum atomic E-state index is -0.292. The summed E-state index contributed by atoms with van der Waals surface area (Å²) >= 11 is 3.24. The van der Waals surface area contributed by atoms with Crippen LogP contribution in [0.1, 0.15) is 38.6 Å². The second kappa shape index (κ2) is 7.63. The van der Waals surface area contributed by atoms with E-state index in [-0.39, 0.29) is 11.6 Å². The van der Waals surface area contributed by atoms with Crippen molar-refractivity contribution in [3.63, 3.8) is 0 Å². The van der Waals surface area contributed by atoms with Gasteiger partial charge in [0, 0.05) is 32.9 Å². The Morgan fingerprint density at radius 2 is 2.10 bits per heavy atom. The highest BCUT2D eigenvalue weighted by Crippen LogP contribution is 2.40. The summed E-state index contributed by atoms with van der Waals surface area (Å²) in [4.78, 5) is 24.4. The van der Waals surface area contributed by atoms with E-state index in [4.69, 9.17) is 0 Å². The van der Waals surface area contributed by atoms with Gasteiger partial charge in [-0.15, -0.1) is 11.3 Å². The number of aryl methyl sites for hydroxylation is 3. The van der Waals surface area contributed by atoms with E-state index in [2.05, 4.69) is 9.97 Å². The molecule has 0 saturated heterocycles. The molecule has 3 heterocycles. The zero-order chi connectivity index (χ0) is 20.8. The van der Waals surface area contributed by atoms with Gasteiger partial charge in [-0.2, -0.15) is 0 Å². The van der Waals surface area contributed by atoms with Crippen molar-refractivity contribution in [2.75, 3.05) is 5.75 Å². The van der Waals surface area contributed by atoms with Crippen LogP contribution < -0.4 is 0 Å². The number of fused-ring (bicyclic) bond motifs is 3. The third kappa shape index (κ3) is 3.26. The van der Waals surface area contributed by atoms with Gasteiger partial charge in [0.1, 0.15) is 22.0 Å². The summed E-state index contributed by atoms with van der Waals surface area (Å²) in [5.74, 6) is 0.0679. The molecule has 152 valence electrons. The number of aromatic nitrogens is 3. The molecule has 0 spiro atoms. The molecule has 0 aliphatic heterocycles. The highest BCUT2D eigenvalue weighted by Gasteiger charge is 2.23. The SMILES string of the molecule is Cc1cc(C(=O)CSc2ncnc3sc4c(c23)CCC4)c(C)n1-c1cccc(F)c1. The molecule has 0 unspecified atom stereocenters. The Labute approximate surface area is 182 Å². The number of rotatable bonds is 5. The maximum Gasteiger partial charge on any atom is 0.174 e. The molecule has 4 nitrogen and oxygen atoms in total. The quantitative estimate of drug-likeness (QED) is 0.228. The second-order valence-electron chi connectivity index (χ2n) is 7.53. The highest BCUT2D eigenvalue weighted by atomic mass is 32.2. The molecule has 1 aromatic carbocycles. The number of carbonyl (C=O) groups is 1. The van der Waals surface area contributed by atoms with E-state index >= 15 is 0 Å². The molecule has 0 atom stereocenters. The second-order valence-corrected chi connectivity index (χ2v) is 9.58. The van der Waals surface area contributed by atoms with Gasteiger partial charge in [0.25, 0.3) is 0 Å². The summed E-state index contributed by atoms with van der Waals surface area (Å²) in [6.07, 6.45) is 4.96. The summed E-state index contributed by atoms with van der Waals surface area (Å²) in [5.41, 5.74) is 4.50. The van der Waals surface area contributed by atoms with Crippen LogP contribution in [-0.2, 0) is 12.8 Å². The van der Waals surface area contributed by atoms with E-state index in [1.165, 1.54) is 40.8 Å². The molecular weight excluding hydrogens is 417 g/mol. The molecule has 0 bridgehead atoms. The molecule has 3 aromatic heterocycles. The number of benzene rings is 1. The smallest absolute Gasteiger partial charge is 0.174 e. The molecule has 1 aliphatic carbocycles. The van der Waals surface area contributed by atoms with E-state index in [0.29, 0.717) is 11.3 Å². The van der Waals surface area contributed by atoms with Crippen LogP contribution in [0.4, 0.5) is 4.39 Å². The maximum absolute atomic E-state index is 13.7. The number of thiophene rings is 1. The van der Waals surface area contributed by atoms with Gasteiger partial charge in [-0.1, -0.05) is 17.8 Å². The summed E-state index contributed by atoms with van der Waals surface area (Å²) in [7, 11) is 0. The van der Waals surface area contributed by atoms with Crippen LogP contribution in [-0.4, -0.2) is 26.1 Å². The first kappa shape index (κ1) is 19.5. The minimum Gasteiger partial charge on any atom is -0.318 e. The molecular formula is C23H20FN3OS2.